The summed E-state index contributed by atoms with van der Waals surface area (Å²) in [6.07, 6.45) is -15.7. The molecule has 0 spiro atoms. The van der Waals surface area contributed by atoms with Gasteiger partial charge in [-0.05, 0) is 0 Å². The van der Waals surface area contributed by atoms with Crippen molar-refractivity contribution in [1.82, 2.24) is 4.31 Å². The summed E-state index contributed by atoms with van der Waals surface area (Å²) in [6, 6.07) is 0. The molecule has 0 saturated heterocycles. The van der Waals surface area contributed by atoms with Crippen LogP contribution in [0.1, 0.15) is 0 Å². The van der Waals surface area contributed by atoms with Gasteiger partial charge < -0.3 is 5.11 Å². The molecule has 224 valence electrons. The van der Waals surface area contributed by atoms with Crippen LogP contribution >= 0.6 is 0 Å². The minimum Gasteiger partial charge on any atom is -0.332 e. The second kappa shape index (κ2) is 8.45. The Morgan fingerprint density at radius 3 is 0.892 bits per heavy atom. The highest BCUT2D eigenvalue weighted by Crippen LogP contribution is 2.66. The maximum Gasteiger partial charge on any atom is 0.460 e. The lowest BCUT2D eigenvalue weighted by Gasteiger charge is -2.46. The van der Waals surface area contributed by atoms with Gasteiger partial charge in [0.05, 0.1) is 0 Å². The summed E-state index contributed by atoms with van der Waals surface area (Å²) < 4.78 is 294. The molecular weight excluding hydrogens is 625 g/mol. The lowest BCUT2D eigenvalue weighted by Crippen LogP contribution is -2.79. The number of alkyl halides is 20. The summed E-state index contributed by atoms with van der Waals surface area (Å²) in [5.74, 6) is -71.4. The molecule has 0 aliphatic heterocycles. The van der Waals surface area contributed by atoms with Crippen LogP contribution in [-0.2, 0) is 10.4 Å². The summed E-state index contributed by atoms with van der Waals surface area (Å²) in [4.78, 5) is 0. The predicted octanol–water partition coefficient (Wildman–Crippen LogP) is 5.39. The van der Waals surface area contributed by atoms with Crippen LogP contribution in [0.25, 0.3) is 0 Å². The lowest BCUT2D eigenvalue weighted by molar-refractivity contribution is -0.478. The van der Waals surface area contributed by atoms with Gasteiger partial charge in [0.15, 0.2) is 0 Å². The molecule has 37 heavy (non-hydrogen) atoms. The van der Waals surface area contributed by atoms with Gasteiger partial charge in [-0.1, -0.05) is 3.89 Å². The zero-order chi connectivity index (χ0) is 31.1. The fourth-order valence-electron chi connectivity index (χ4n) is 2.10. The minimum absolute atomic E-state index is 1.35. The summed E-state index contributed by atoms with van der Waals surface area (Å²) >= 11 is 0. The number of halogens is 21. The van der Waals surface area contributed by atoms with Crippen molar-refractivity contribution >= 4 is 10.4 Å². The molecule has 0 heterocycles. The molecule has 4 nitrogen and oxygen atoms in total. The molecule has 0 radical (unpaired) electrons. The highest BCUT2D eigenvalue weighted by molar-refractivity contribution is 7.84. The number of hydrogen-bond acceptors (Lipinski definition) is 3. The Morgan fingerprint density at radius 1 is 0.486 bits per heavy atom. The third-order valence-corrected chi connectivity index (χ3v) is 5.20. The molecule has 0 rings (SSSR count). The van der Waals surface area contributed by atoms with E-state index in [1.165, 1.54) is 0 Å². The number of hydrogen-bond donors (Lipinski definition) is 1. The van der Waals surface area contributed by atoms with Gasteiger partial charge in [0.2, 0.25) is 0 Å². The van der Waals surface area contributed by atoms with E-state index in [1.807, 2.05) is 0 Å². The first-order valence-electron chi connectivity index (χ1n) is 7.59. The van der Waals surface area contributed by atoms with E-state index in [0.717, 1.165) is 0 Å². The second-order valence-corrected chi connectivity index (χ2v) is 7.96. The summed E-state index contributed by atoms with van der Waals surface area (Å²) in [7, 11) is -9.03. The van der Waals surface area contributed by atoms with Gasteiger partial charge in [0.1, 0.15) is 0 Å². The first-order valence-corrected chi connectivity index (χ1v) is 8.93. The van der Waals surface area contributed by atoms with Gasteiger partial charge >= 0.3 is 69.9 Å². The van der Waals surface area contributed by atoms with Crippen molar-refractivity contribution in [2.24, 2.45) is 0 Å². The predicted molar refractivity (Wildman–Crippen MR) is 69.5 cm³/mol. The minimum atomic E-state index is -9.33. The third-order valence-electron chi connectivity index (χ3n) is 4.30. The second-order valence-electron chi connectivity index (χ2n) is 6.59. The number of aliphatic hydroxyl groups is 1. The lowest BCUT2D eigenvalue weighted by atomic mass is 9.86. The van der Waals surface area contributed by atoms with Crippen LogP contribution in [0.2, 0.25) is 0 Å². The highest BCUT2D eigenvalue weighted by Gasteiger charge is 2.98. The average molecular weight is 629 g/mol. The van der Waals surface area contributed by atoms with Gasteiger partial charge in [0.25, 0.3) is 0 Å². The van der Waals surface area contributed by atoms with Crippen molar-refractivity contribution in [3.63, 3.8) is 0 Å². The molecule has 1 unspecified atom stereocenters. The highest BCUT2D eigenvalue weighted by atomic mass is 32.3. The molecule has 0 aromatic heterocycles. The Hall–Kier alpha value is -1.60. The zero-order valence-electron chi connectivity index (χ0n) is 16.1. The molecule has 0 aromatic rings. The fourth-order valence-corrected chi connectivity index (χ4v) is 2.62. The van der Waals surface area contributed by atoms with Gasteiger partial charge in [-0.15, -0.1) is 4.31 Å². The Labute approximate surface area is 187 Å². The Bertz CT molecular complexity index is 965. The van der Waals surface area contributed by atoms with E-state index in [-0.39, 0.29) is 0 Å². The number of nitrogens with zero attached hydrogens (tertiary/aromatic N) is 1. The van der Waals surface area contributed by atoms with Gasteiger partial charge in [-0.2, -0.15) is 91.8 Å². The van der Waals surface area contributed by atoms with E-state index in [9.17, 15) is 100 Å². The molecule has 1 atom stereocenters. The van der Waals surface area contributed by atoms with Gasteiger partial charge in [-0.3, -0.25) is 0 Å². The molecular formula is C11H4F21NO3S. The van der Waals surface area contributed by atoms with Crippen LogP contribution < -0.4 is 0 Å². The van der Waals surface area contributed by atoms with E-state index in [4.69, 9.17) is 5.11 Å². The average Bonchev–Trinajstić information content (AvgIpc) is 2.62. The van der Waals surface area contributed by atoms with E-state index < -0.39 is 81.3 Å². The first kappa shape index (κ1) is 35.4. The molecule has 0 aliphatic rings. The Kier molecular flexibility index (Phi) is 8.08. The van der Waals surface area contributed by atoms with E-state index in [1.54, 1.807) is 0 Å². The molecule has 0 aromatic carbocycles. The van der Waals surface area contributed by atoms with Gasteiger partial charge in [-0.25, -0.2) is 4.39 Å². The van der Waals surface area contributed by atoms with Crippen molar-refractivity contribution in [2.75, 3.05) is 7.05 Å². The van der Waals surface area contributed by atoms with E-state index >= 15 is 0 Å². The normalized spacial score (nSPS) is 18.3. The molecule has 0 saturated carbocycles. The van der Waals surface area contributed by atoms with Crippen LogP contribution in [0.4, 0.5) is 91.7 Å². The molecule has 0 bridgehead atoms. The Balaban J connectivity index is 7.47. The van der Waals surface area contributed by atoms with Crippen molar-refractivity contribution in [2.45, 2.75) is 59.5 Å². The zero-order valence-corrected chi connectivity index (χ0v) is 16.9. The maximum atomic E-state index is 14.2. The standard InChI is InChI=1S/C11H4F21NO3S/c1-33(37(32,35)36)9(26,11(30,31)34)7(22,23)5(18,19)3(14,15)2(12,13)4(16,17)6(20,21)8(24,25)10(27,28)29/h34H,1H3. The van der Waals surface area contributed by atoms with Crippen LogP contribution in [-0.4, -0.2) is 84.4 Å². The summed E-state index contributed by atoms with van der Waals surface area (Å²) in [5.41, 5.74) is 0. The van der Waals surface area contributed by atoms with Crippen LogP contribution in [0.5, 0.6) is 0 Å². The van der Waals surface area contributed by atoms with E-state index in [0.29, 0.717) is 0 Å². The number of rotatable bonds is 10. The maximum absolute atomic E-state index is 14.2. The van der Waals surface area contributed by atoms with Crippen molar-refractivity contribution in [3.05, 3.63) is 0 Å². The SMILES string of the molecule is CN(C(F)(C(O)(F)F)C(F)(F)C(F)(F)C(F)(F)C(F)(F)C(F)(F)C(F)(F)C(F)(F)C(F)(F)F)S(=O)(=O)F. The molecule has 0 aliphatic carbocycles. The largest absolute Gasteiger partial charge is 0.460 e. The third kappa shape index (κ3) is 4.32. The monoisotopic (exact) mass is 629 g/mol. The first-order chi connectivity index (χ1) is 15.4. The summed E-state index contributed by atoms with van der Waals surface area (Å²) in [6.45, 7) is 0. The smallest absolute Gasteiger partial charge is 0.332 e. The molecule has 0 fully saturated rings. The number of likely N-dealkylation sites (N-methyl/N-ethyl adjacent to an activating group) is 1. The van der Waals surface area contributed by atoms with E-state index in [2.05, 4.69) is 0 Å². The summed E-state index contributed by atoms with van der Waals surface area (Å²) in [5, 5.41) is 8.00. The molecule has 0 amide bonds. The topological polar surface area (TPSA) is 57.6 Å². The van der Waals surface area contributed by atoms with Crippen molar-refractivity contribution in [3.8, 4) is 0 Å². The fraction of sp³-hybridized carbons (Fsp3) is 1.00. The van der Waals surface area contributed by atoms with Crippen molar-refractivity contribution < 1.29 is 105 Å². The quantitative estimate of drug-likeness (QED) is 0.201. The molecule has 26 heteroatoms. The van der Waals surface area contributed by atoms with Crippen LogP contribution in [0.3, 0.4) is 0 Å². The Morgan fingerprint density at radius 2 is 0.703 bits per heavy atom. The molecule has 1 N–H and O–H groups in total. The van der Waals surface area contributed by atoms with Crippen LogP contribution in [0.15, 0.2) is 0 Å². The van der Waals surface area contributed by atoms with Crippen LogP contribution in [0, 0.1) is 0 Å². The van der Waals surface area contributed by atoms with Crippen molar-refractivity contribution in [1.29, 1.82) is 0 Å². The van der Waals surface area contributed by atoms with Gasteiger partial charge in [0, 0.05) is 7.05 Å².